The van der Waals surface area contributed by atoms with Crippen LogP contribution in [-0.2, 0) is 14.3 Å². The van der Waals surface area contributed by atoms with Crippen LogP contribution in [0.3, 0.4) is 0 Å². The van der Waals surface area contributed by atoms with Crippen LogP contribution in [0.4, 0.5) is 0 Å². The number of hydrogen-bond acceptors (Lipinski definition) is 5. The van der Waals surface area contributed by atoms with Gasteiger partial charge in [0.2, 0.25) is 5.91 Å². The SMILES string of the molecule is CCCCN(CC(C)C(=O)OC)C(=O)CCCN1C(=O)c2ccccc2C1=O. The van der Waals surface area contributed by atoms with E-state index in [0.717, 1.165) is 12.8 Å². The van der Waals surface area contributed by atoms with Crippen LogP contribution in [0.2, 0.25) is 0 Å². The number of rotatable bonds is 10. The summed E-state index contributed by atoms with van der Waals surface area (Å²) >= 11 is 0. The molecule has 1 aromatic carbocycles. The van der Waals surface area contributed by atoms with Gasteiger partial charge >= 0.3 is 5.97 Å². The lowest BCUT2D eigenvalue weighted by atomic mass is 10.1. The molecule has 2 rings (SSSR count). The zero-order chi connectivity index (χ0) is 20.7. The van der Waals surface area contributed by atoms with Crippen molar-refractivity contribution in [1.29, 1.82) is 0 Å². The van der Waals surface area contributed by atoms with Gasteiger partial charge in [-0.25, -0.2) is 0 Å². The van der Waals surface area contributed by atoms with Crippen molar-refractivity contribution in [3.8, 4) is 0 Å². The van der Waals surface area contributed by atoms with Crippen molar-refractivity contribution in [2.75, 3.05) is 26.7 Å². The summed E-state index contributed by atoms with van der Waals surface area (Å²) in [4.78, 5) is 51.9. The third-order valence-corrected chi connectivity index (χ3v) is 4.88. The summed E-state index contributed by atoms with van der Waals surface area (Å²) < 4.78 is 4.74. The summed E-state index contributed by atoms with van der Waals surface area (Å²) in [7, 11) is 1.33. The van der Waals surface area contributed by atoms with E-state index in [1.165, 1.54) is 12.0 Å². The smallest absolute Gasteiger partial charge is 0.310 e. The Kier molecular flexibility index (Phi) is 7.72. The highest BCUT2D eigenvalue weighted by Crippen LogP contribution is 2.22. The summed E-state index contributed by atoms with van der Waals surface area (Å²) in [5, 5.41) is 0. The van der Waals surface area contributed by atoms with Crippen LogP contribution in [-0.4, -0.2) is 60.2 Å². The fourth-order valence-electron chi connectivity index (χ4n) is 3.26. The number of benzene rings is 1. The zero-order valence-corrected chi connectivity index (χ0v) is 16.8. The Hall–Kier alpha value is -2.70. The maximum absolute atomic E-state index is 12.6. The first kappa shape index (κ1) is 21.6. The Labute approximate surface area is 165 Å². The summed E-state index contributed by atoms with van der Waals surface area (Å²) in [5.41, 5.74) is 0.825. The minimum absolute atomic E-state index is 0.0826. The highest BCUT2D eigenvalue weighted by molar-refractivity contribution is 6.21. The molecule has 7 nitrogen and oxygen atoms in total. The van der Waals surface area contributed by atoms with Crippen molar-refractivity contribution in [2.45, 2.75) is 39.5 Å². The van der Waals surface area contributed by atoms with Crippen LogP contribution in [0.15, 0.2) is 24.3 Å². The molecule has 1 heterocycles. The number of carbonyl (C=O) groups excluding carboxylic acids is 4. The third kappa shape index (κ3) is 4.97. The maximum Gasteiger partial charge on any atom is 0.310 e. The summed E-state index contributed by atoms with van der Waals surface area (Å²) in [6, 6.07) is 6.74. The molecule has 1 aromatic rings. The molecule has 1 aliphatic heterocycles. The number of hydrogen-bond donors (Lipinski definition) is 0. The van der Waals surface area contributed by atoms with E-state index in [2.05, 4.69) is 0 Å². The summed E-state index contributed by atoms with van der Waals surface area (Å²) in [5.74, 6) is -1.45. The molecule has 0 N–H and O–H groups in total. The fraction of sp³-hybridized carbons (Fsp3) is 0.524. The minimum atomic E-state index is -0.401. The number of esters is 1. The lowest BCUT2D eigenvalue weighted by Gasteiger charge is -2.25. The van der Waals surface area contributed by atoms with Crippen molar-refractivity contribution in [3.63, 3.8) is 0 Å². The number of amides is 3. The van der Waals surface area contributed by atoms with E-state index < -0.39 is 5.92 Å². The van der Waals surface area contributed by atoms with Crippen LogP contribution < -0.4 is 0 Å². The monoisotopic (exact) mass is 388 g/mol. The van der Waals surface area contributed by atoms with E-state index >= 15 is 0 Å². The second-order valence-electron chi connectivity index (χ2n) is 7.03. The van der Waals surface area contributed by atoms with E-state index in [0.29, 0.717) is 30.6 Å². The second kappa shape index (κ2) is 10.0. The normalized spacial score (nSPS) is 14.0. The first-order valence-corrected chi connectivity index (χ1v) is 9.71. The van der Waals surface area contributed by atoms with Gasteiger partial charge in [-0.05, 0) is 25.0 Å². The first-order chi connectivity index (χ1) is 13.4. The molecule has 0 saturated carbocycles. The molecule has 1 unspecified atom stereocenters. The number of fused-ring (bicyclic) bond motifs is 1. The lowest BCUT2D eigenvalue weighted by molar-refractivity contribution is -0.146. The Balaban J connectivity index is 1.91. The minimum Gasteiger partial charge on any atom is -0.469 e. The van der Waals surface area contributed by atoms with Crippen molar-refractivity contribution < 1.29 is 23.9 Å². The lowest BCUT2D eigenvalue weighted by Crippen LogP contribution is -2.38. The number of unbranched alkanes of at least 4 members (excludes halogenated alkanes) is 1. The molecule has 3 amide bonds. The van der Waals surface area contributed by atoms with Crippen LogP contribution in [0.5, 0.6) is 0 Å². The third-order valence-electron chi connectivity index (χ3n) is 4.88. The quantitative estimate of drug-likeness (QED) is 0.454. The van der Waals surface area contributed by atoms with Gasteiger partial charge in [0, 0.05) is 26.1 Å². The molecule has 152 valence electrons. The van der Waals surface area contributed by atoms with Gasteiger partial charge in [-0.1, -0.05) is 32.4 Å². The second-order valence-corrected chi connectivity index (χ2v) is 7.03. The number of methoxy groups -OCH3 is 1. The van der Waals surface area contributed by atoms with Crippen LogP contribution in [0.1, 0.15) is 60.2 Å². The Morgan fingerprint density at radius 2 is 1.71 bits per heavy atom. The standard InChI is InChI=1S/C21H28N2O5/c1-4-5-12-22(14-15(2)21(27)28-3)18(24)11-8-13-23-19(25)16-9-6-7-10-17(16)20(23)26/h6-7,9-10,15H,4-5,8,11-14H2,1-3H3. The molecular weight excluding hydrogens is 360 g/mol. The number of ether oxygens (including phenoxy) is 1. The zero-order valence-electron chi connectivity index (χ0n) is 16.8. The molecule has 28 heavy (non-hydrogen) atoms. The average Bonchev–Trinajstić information content (AvgIpc) is 2.95. The van der Waals surface area contributed by atoms with E-state index in [9.17, 15) is 19.2 Å². The van der Waals surface area contributed by atoms with Gasteiger partial charge < -0.3 is 9.64 Å². The van der Waals surface area contributed by atoms with Crippen molar-refractivity contribution >= 4 is 23.7 Å². The molecule has 1 atom stereocenters. The van der Waals surface area contributed by atoms with Crippen LogP contribution in [0, 0.1) is 5.92 Å². The maximum atomic E-state index is 12.6. The predicted molar refractivity (Wildman–Crippen MR) is 104 cm³/mol. The number of nitrogens with zero attached hydrogens (tertiary/aromatic N) is 2. The molecule has 0 spiro atoms. The largest absolute Gasteiger partial charge is 0.469 e. The fourth-order valence-corrected chi connectivity index (χ4v) is 3.26. The molecule has 7 heteroatoms. The van der Waals surface area contributed by atoms with Gasteiger partial charge in [0.15, 0.2) is 0 Å². The molecule has 1 aliphatic rings. The van der Waals surface area contributed by atoms with Crippen LogP contribution in [0.25, 0.3) is 0 Å². The van der Waals surface area contributed by atoms with Gasteiger partial charge in [0.25, 0.3) is 11.8 Å². The highest BCUT2D eigenvalue weighted by atomic mass is 16.5. The molecule has 0 bridgehead atoms. The predicted octanol–water partition coefficient (Wildman–Crippen LogP) is 2.50. The van der Waals surface area contributed by atoms with Crippen molar-refractivity contribution in [3.05, 3.63) is 35.4 Å². The molecule has 0 aromatic heterocycles. The van der Waals surface area contributed by atoms with Gasteiger partial charge in [-0.15, -0.1) is 0 Å². The molecule has 0 radical (unpaired) electrons. The summed E-state index contributed by atoms with van der Waals surface area (Å²) in [6.07, 6.45) is 2.38. The topological polar surface area (TPSA) is 84.0 Å². The van der Waals surface area contributed by atoms with Gasteiger partial charge in [-0.2, -0.15) is 0 Å². The van der Waals surface area contributed by atoms with Gasteiger partial charge in [0.05, 0.1) is 24.2 Å². The number of carbonyl (C=O) groups is 4. The van der Waals surface area contributed by atoms with E-state index in [-0.39, 0.29) is 36.7 Å². The van der Waals surface area contributed by atoms with Crippen LogP contribution >= 0.6 is 0 Å². The highest BCUT2D eigenvalue weighted by Gasteiger charge is 2.34. The van der Waals surface area contributed by atoms with Gasteiger partial charge in [0.1, 0.15) is 0 Å². The number of imide groups is 1. The Morgan fingerprint density at radius 3 is 2.25 bits per heavy atom. The van der Waals surface area contributed by atoms with E-state index in [1.54, 1.807) is 36.1 Å². The summed E-state index contributed by atoms with van der Waals surface area (Å²) in [6.45, 7) is 4.85. The van der Waals surface area contributed by atoms with Crippen molar-refractivity contribution in [1.82, 2.24) is 9.80 Å². The Bertz CT molecular complexity index is 711. The molecule has 0 aliphatic carbocycles. The van der Waals surface area contributed by atoms with Crippen molar-refractivity contribution in [2.24, 2.45) is 5.92 Å². The van der Waals surface area contributed by atoms with Gasteiger partial charge in [-0.3, -0.25) is 24.1 Å². The Morgan fingerprint density at radius 1 is 1.11 bits per heavy atom. The van der Waals surface area contributed by atoms with E-state index in [4.69, 9.17) is 4.74 Å². The van der Waals surface area contributed by atoms with E-state index in [1.807, 2.05) is 6.92 Å². The molecular formula is C21H28N2O5. The first-order valence-electron chi connectivity index (χ1n) is 9.71. The molecule has 0 saturated heterocycles. The average molecular weight is 388 g/mol. The molecule has 0 fully saturated rings.